The molecule has 0 fully saturated rings. The van der Waals surface area contributed by atoms with E-state index in [9.17, 15) is 5.11 Å². The number of aliphatic hydroxyl groups is 1. The molecule has 2 aliphatic carbocycles. The summed E-state index contributed by atoms with van der Waals surface area (Å²) in [7, 11) is 0. The smallest absolute Gasteiger partial charge is 0.0989 e. The van der Waals surface area contributed by atoms with Gasteiger partial charge in [-0.1, -0.05) is 38.8 Å². The van der Waals surface area contributed by atoms with Crippen molar-refractivity contribution < 1.29 is 5.11 Å². The first-order valence-electron chi connectivity index (χ1n) is 8.34. The van der Waals surface area contributed by atoms with Crippen LogP contribution in [0.4, 0.5) is 0 Å². The molecule has 0 bridgehead atoms. The van der Waals surface area contributed by atoms with Gasteiger partial charge in [-0.2, -0.15) is 0 Å². The van der Waals surface area contributed by atoms with E-state index in [0.717, 1.165) is 0 Å². The Hall–Kier alpha value is -1.08. The van der Waals surface area contributed by atoms with Gasteiger partial charge in [-0.05, 0) is 75.0 Å². The van der Waals surface area contributed by atoms with Crippen LogP contribution in [0.15, 0.2) is 44.6 Å². The second-order valence-corrected chi connectivity index (χ2v) is 8.23. The summed E-state index contributed by atoms with van der Waals surface area (Å²) >= 11 is 0. The first kappa shape index (κ1) is 17.3. The predicted octanol–water partition coefficient (Wildman–Crippen LogP) is 5.73. The zero-order chi connectivity index (χ0) is 17.2. The topological polar surface area (TPSA) is 20.2 Å². The van der Waals surface area contributed by atoms with Gasteiger partial charge in [-0.15, -0.1) is 0 Å². The lowest BCUT2D eigenvalue weighted by Gasteiger charge is -2.35. The molecule has 0 unspecified atom stereocenters. The SMILES string of the molecule is CC1=C(C)C(C)(C)C(C(O)C2=C(C)C(C)=C(C)C2(C)C)=C1C. The average molecular weight is 300 g/mol. The van der Waals surface area contributed by atoms with Crippen LogP contribution in [0.3, 0.4) is 0 Å². The van der Waals surface area contributed by atoms with Crippen molar-refractivity contribution in [1.82, 2.24) is 0 Å². The maximum atomic E-state index is 11.4. The van der Waals surface area contributed by atoms with E-state index in [1.807, 2.05) is 0 Å². The highest BCUT2D eigenvalue weighted by Gasteiger charge is 2.45. The van der Waals surface area contributed by atoms with Crippen molar-refractivity contribution >= 4 is 0 Å². The summed E-state index contributed by atoms with van der Waals surface area (Å²) in [4.78, 5) is 0. The molecule has 22 heavy (non-hydrogen) atoms. The van der Waals surface area contributed by atoms with Crippen LogP contribution in [0.5, 0.6) is 0 Å². The third kappa shape index (κ3) is 2.01. The van der Waals surface area contributed by atoms with Gasteiger partial charge in [0, 0.05) is 10.8 Å². The summed E-state index contributed by atoms with van der Waals surface area (Å²) in [5.74, 6) is 0. The molecule has 0 atom stereocenters. The number of aliphatic hydroxyl groups excluding tert-OH is 1. The second kappa shape index (κ2) is 4.96. The van der Waals surface area contributed by atoms with Crippen LogP contribution in [0.1, 0.15) is 69.2 Å². The Bertz CT molecular complexity index is 602. The van der Waals surface area contributed by atoms with Crippen LogP contribution in [-0.2, 0) is 0 Å². The molecule has 1 nitrogen and oxygen atoms in total. The Morgan fingerprint density at radius 1 is 0.591 bits per heavy atom. The van der Waals surface area contributed by atoms with Crippen LogP contribution >= 0.6 is 0 Å². The molecular formula is C21H32O. The minimum Gasteiger partial charge on any atom is -0.384 e. The minimum atomic E-state index is -0.496. The fourth-order valence-electron chi connectivity index (χ4n) is 4.48. The first-order chi connectivity index (χ1) is 9.86. The Morgan fingerprint density at radius 2 is 0.864 bits per heavy atom. The van der Waals surface area contributed by atoms with E-state index in [1.165, 1.54) is 44.6 Å². The van der Waals surface area contributed by atoms with E-state index in [2.05, 4.69) is 69.2 Å². The molecule has 0 aromatic heterocycles. The summed E-state index contributed by atoms with van der Waals surface area (Å²) in [5.41, 5.74) is 10.2. The van der Waals surface area contributed by atoms with Crippen LogP contribution in [-0.4, -0.2) is 11.2 Å². The van der Waals surface area contributed by atoms with Gasteiger partial charge in [0.15, 0.2) is 0 Å². The highest BCUT2D eigenvalue weighted by molar-refractivity contribution is 5.59. The summed E-state index contributed by atoms with van der Waals surface area (Å²) in [6.45, 7) is 22.1. The van der Waals surface area contributed by atoms with Crippen LogP contribution in [0.25, 0.3) is 0 Å². The van der Waals surface area contributed by atoms with Gasteiger partial charge >= 0.3 is 0 Å². The zero-order valence-electron chi connectivity index (χ0n) is 16.0. The van der Waals surface area contributed by atoms with E-state index >= 15 is 0 Å². The molecule has 122 valence electrons. The minimum absolute atomic E-state index is 0.0681. The molecule has 0 radical (unpaired) electrons. The van der Waals surface area contributed by atoms with Crippen molar-refractivity contribution in [2.75, 3.05) is 0 Å². The molecule has 2 rings (SSSR count). The van der Waals surface area contributed by atoms with Crippen molar-refractivity contribution in [2.24, 2.45) is 10.8 Å². The third-order valence-electron chi connectivity index (χ3n) is 6.83. The highest BCUT2D eigenvalue weighted by Crippen LogP contribution is 2.54. The largest absolute Gasteiger partial charge is 0.384 e. The fraction of sp³-hybridized carbons (Fsp3) is 0.619. The van der Waals surface area contributed by atoms with Crippen molar-refractivity contribution in [2.45, 2.75) is 75.3 Å². The molecule has 0 amide bonds. The lowest BCUT2D eigenvalue weighted by atomic mass is 9.71. The standard InChI is InChI=1S/C21H32O/c1-11-13(3)17(20(7,8)15(11)5)19(22)18-14(4)12(2)16(6)21(18,9)10/h19,22H,1-10H3. The van der Waals surface area contributed by atoms with E-state index in [0.29, 0.717) is 0 Å². The quantitative estimate of drug-likeness (QED) is 0.690. The summed E-state index contributed by atoms with van der Waals surface area (Å²) in [6.07, 6.45) is -0.496. The van der Waals surface area contributed by atoms with Gasteiger partial charge in [-0.3, -0.25) is 0 Å². The molecule has 1 N–H and O–H groups in total. The molecule has 0 aliphatic heterocycles. The van der Waals surface area contributed by atoms with E-state index in [-0.39, 0.29) is 10.8 Å². The van der Waals surface area contributed by atoms with Crippen LogP contribution < -0.4 is 0 Å². The van der Waals surface area contributed by atoms with Gasteiger partial charge in [0.1, 0.15) is 0 Å². The summed E-state index contributed by atoms with van der Waals surface area (Å²) in [6, 6.07) is 0. The third-order valence-corrected chi connectivity index (χ3v) is 6.83. The van der Waals surface area contributed by atoms with Gasteiger partial charge in [-0.25, -0.2) is 0 Å². The van der Waals surface area contributed by atoms with Crippen LogP contribution in [0, 0.1) is 10.8 Å². The Kier molecular flexibility index (Phi) is 3.89. The highest BCUT2D eigenvalue weighted by atomic mass is 16.3. The van der Waals surface area contributed by atoms with Gasteiger partial charge in [0.25, 0.3) is 0 Å². The number of hydrogen-bond donors (Lipinski definition) is 1. The van der Waals surface area contributed by atoms with Gasteiger partial charge in [0.2, 0.25) is 0 Å². The van der Waals surface area contributed by atoms with E-state index in [1.54, 1.807) is 0 Å². The summed E-state index contributed by atoms with van der Waals surface area (Å²) < 4.78 is 0. The fourth-order valence-corrected chi connectivity index (χ4v) is 4.48. The maximum Gasteiger partial charge on any atom is 0.0989 e. The van der Waals surface area contributed by atoms with E-state index in [4.69, 9.17) is 0 Å². The molecule has 0 saturated carbocycles. The number of hydrogen-bond acceptors (Lipinski definition) is 1. The monoisotopic (exact) mass is 300 g/mol. The van der Waals surface area contributed by atoms with Crippen LogP contribution in [0.2, 0.25) is 0 Å². The predicted molar refractivity (Wildman–Crippen MR) is 95.7 cm³/mol. The molecular weight excluding hydrogens is 268 g/mol. The first-order valence-corrected chi connectivity index (χ1v) is 8.34. The Labute approximate surface area is 136 Å². The molecule has 0 spiro atoms. The molecule has 0 heterocycles. The number of allylic oxidation sites excluding steroid dienone is 6. The molecule has 1 heteroatoms. The van der Waals surface area contributed by atoms with Crippen molar-refractivity contribution in [3.8, 4) is 0 Å². The molecule has 0 aromatic rings. The number of rotatable bonds is 2. The van der Waals surface area contributed by atoms with Gasteiger partial charge < -0.3 is 5.11 Å². The molecule has 0 aromatic carbocycles. The average Bonchev–Trinajstić information content (AvgIpc) is 2.66. The Balaban J connectivity index is 2.59. The Morgan fingerprint density at radius 3 is 1.05 bits per heavy atom. The van der Waals surface area contributed by atoms with Crippen molar-refractivity contribution in [3.05, 3.63) is 44.6 Å². The molecule has 2 aliphatic rings. The second-order valence-electron chi connectivity index (χ2n) is 8.23. The zero-order valence-corrected chi connectivity index (χ0v) is 16.0. The van der Waals surface area contributed by atoms with Crippen molar-refractivity contribution in [3.63, 3.8) is 0 Å². The lowest BCUT2D eigenvalue weighted by Crippen LogP contribution is -2.31. The molecule has 0 saturated heterocycles. The van der Waals surface area contributed by atoms with Gasteiger partial charge in [0.05, 0.1) is 6.10 Å². The van der Waals surface area contributed by atoms with Crippen molar-refractivity contribution in [1.29, 1.82) is 0 Å². The maximum absolute atomic E-state index is 11.4. The van der Waals surface area contributed by atoms with E-state index < -0.39 is 6.10 Å². The summed E-state index contributed by atoms with van der Waals surface area (Å²) in [5, 5.41) is 11.4. The normalized spacial score (nSPS) is 24.5. The lowest BCUT2D eigenvalue weighted by molar-refractivity contribution is 0.201.